The lowest BCUT2D eigenvalue weighted by Crippen LogP contribution is -2.57. The summed E-state index contributed by atoms with van der Waals surface area (Å²) in [5.41, 5.74) is 4.15. The maximum Gasteiger partial charge on any atom is 0.244 e. The minimum Gasteiger partial charge on any atom is -0.479 e. The standard InChI is InChI=1S/C24H27F2N7O2/c1-34-23-22-17(15-2-3-20-21(10-15)32(9-6-25)14-27-20)4-8-33(22)30-24(29-23)28-19-5-7-31(11-18(19)26)16-12-35-13-16/h2-4,8,10,14,16,18-19H,5-7,9,11-13H2,1H3,(H,28,30)/t18-,19+/m0/s1. The Bertz CT molecular complexity index is 1350. The fourth-order valence-electron chi connectivity index (χ4n) is 4.94. The number of fused-ring (bicyclic) bond motifs is 2. The molecule has 0 bridgehead atoms. The summed E-state index contributed by atoms with van der Waals surface area (Å²) >= 11 is 0. The summed E-state index contributed by atoms with van der Waals surface area (Å²) in [6, 6.07) is 7.75. The fraction of sp³-hybridized carbons (Fsp3) is 0.458. The zero-order valence-electron chi connectivity index (χ0n) is 19.4. The number of hydrogen-bond donors (Lipinski definition) is 1. The smallest absolute Gasteiger partial charge is 0.244 e. The SMILES string of the molecule is COc1nc(N[C@@H]2CCN(C3COC3)C[C@@H]2F)nn2ccc(-c3ccc4ncn(CCF)c4c3)c12. The van der Waals surface area contributed by atoms with E-state index < -0.39 is 12.8 Å². The number of nitrogens with zero attached hydrogens (tertiary/aromatic N) is 6. The first-order valence-corrected chi connectivity index (χ1v) is 11.8. The number of aromatic nitrogens is 5. The van der Waals surface area contributed by atoms with Crippen molar-refractivity contribution in [3.63, 3.8) is 0 Å². The summed E-state index contributed by atoms with van der Waals surface area (Å²) in [5, 5.41) is 7.77. The van der Waals surface area contributed by atoms with Gasteiger partial charge >= 0.3 is 0 Å². The van der Waals surface area contributed by atoms with Gasteiger partial charge in [0.25, 0.3) is 0 Å². The van der Waals surface area contributed by atoms with Gasteiger partial charge in [-0.15, -0.1) is 5.10 Å². The Morgan fingerprint density at radius 2 is 2.14 bits per heavy atom. The first kappa shape index (κ1) is 22.2. The number of benzene rings is 1. The molecule has 11 heteroatoms. The Balaban J connectivity index is 1.28. The number of aryl methyl sites for hydroxylation is 1. The van der Waals surface area contributed by atoms with E-state index in [2.05, 4.69) is 25.3 Å². The number of piperidine rings is 1. The number of alkyl halides is 2. The molecule has 9 nitrogen and oxygen atoms in total. The van der Waals surface area contributed by atoms with Gasteiger partial charge < -0.3 is 19.4 Å². The van der Waals surface area contributed by atoms with E-state index in [1.807, 2.05) is 30.5 Å². The van der Waals surface area contributed by atoms with Crippen LogP contribution in [-0.2, 0) is 11.3 Å². The average Bonchev–Trinajstić information content (AvgIpc) is 3.43. The predicted molar refractivity (Wildman–Crippen MR) is 127 cm³/mol. The van der Waals surface area contributed by atoms with Crippen molar-refractivity contribution in [2.24, 2.45) is 0 Å². The molecule has 0 amide bonds. The topological polar surface area (TPSA) is 81.7 Å². The third kappa shape index (κ3) is 3.98. The highest BCUT2D eigenvalue weighted by atomic mass is 19.1. The number of ether oxygens (including phenoxy) is 2. The average molecular weight is 484 g/mol. The van der Waals surface area contributed by atoms with Crippen molar-refractivity contribution in [1.82, 2.24) is 29.0 Å². The summed E-state index contributed by atoms with van der Waals surface area (Å²) in [5.74, 6) is 0.709. The molecule has 3 aromatic heterocycles. The number of anilines is 1. The van der Waals surface area contributed by atoms with E-state index in [4.69, 9.17) is 9.47 Å². The predicted octanol–water partition coefficient (Wildman–Crippen LogP) is 2.95. The van der Waals surface area contributed by atoms with Gasteiger partial charge in [-0.3, -0.25) is 4.90 Å². The molecule has 6 rings (SSSR count). The van der Waals surface area contributed by atoms with Crippen molar-refractivity contribution in [2.45, 2.75) is 31.2 Å². The van der Waals surface area contributed by atoms with Gasteiger partial charge in [0.05, 0.1) is 56.3 Å². The summed E-state index contributed by atoms with van der Waals surface area (Å²) < 4.78 is 42.2. The molecule has 0 aliphatic carbocycles. The highest BCUT2D eigenvalue weighted by Gasteiger charge is 2.35. The largest absolute Gasteiger partial charge is 0.479 e. The molecule has 2 atom stereocenters. The maximum atomic E-state index is 14.9. The number of hydrogen-bond acceptors (Lipinski definition) is 7. The zero-order chi connectivity index (χ0) is 23.9. The van der Waals surface area contributed by atoms with Crippen LogP contribution in [0.2, 0.25) is 0 Å². The monoisotopic (exact) mass is 483 g/mol. The van der Waals surface area contributed by atoms with Crippen molar-refractivity contribution in [3.8, 4) is 17.0 Å². The minimum absolute atomic E-state index is 0.251. The van der Waals surface area contributed by atoms with Crippen LogP contribution in [0.4, 0.5) is 14.7 Å². The lowest BCUT2D eigenvalue weighted by Gasteiger charge is -2.42. The lowest BCUT2D eigenvalue weighted by atomic mass is 10.0. The Kier molecular flexibility index (Phi) is 5.73. The van der Waals surface area contributed by atoms with Crippen molar-refractivity contribution in [2.75, 3.05) is 45.4 Å². The van der Waals surface area contributed by atoms with Crippen molar-refractivity contribution < 1.29 is 18.3 Å². The molecular formula is C24H27F2N7O2. The number of nitrogens with one attached hydrogen (secondary N) is 1. The highest BCUT2D eigenvalue weighted by Crippen LogP contribution is 2.33. The second-order valence-corrected chi connectivity index (χ2v) is 9.04. The third-order valence-electron chi connectivity index (χ3n) is 6.95. The van der Waals surface area contributed by atoms with E-state index in [-0.39, 0.29) is 12.6 Å². The Hall–Kier alpha value is -3.31. The number of halogens is 2. The van der Waals surface area contributed by atoms with E-state index in [1.165, 1.54) is 0 Å². The molecule has 4 aromatic rings. The van der Waals surface area contributed by atoms with E-state index in [0.29, 0.717) is 49.6 Å². The van der Waals surface area contributed by atoms with Crippen LogP contribution in [0.1, 0.15) is 6.42 Å². The Morgan fingerprint density at radius 3 is 2.89 bits per heavy atom. The normalized spacial score (nSPS) is 21.5. The zero-order valence-corrected chi connectivity index (χ0v) is 19.4. The van der Waals surface area contributed by atoms with Gasteiger partial charge in [0, 0.05) is 24.8 Å². The van der Waals surface area contributed by atoms with Crippen LogP contribution in [0.5, 0.6) is 5.88 Å². The number of likely N-dealkylation sites (tertiary alicyclic amines) is 1. The quantitative estimate of drug-likeness (QED) is 0.433. The van der Waals surface area contributed by atoms with E-state index in [1.54, 1.807) is 22.5 Å². The molecule has 0 spiro atoms. The van der Waals surface area contributed by atoms with Gasteiger partial charge in [0.2, 0.25) is 11.8 Å². The second-order valence-electron chi connectivity index (χ2n) is 9.04. The van der Waals surface area contributed by atoms with Gasteiger partial charge in [-0.25, -0.2) is 18.3 Å². The number of rotatable bonds is 7. The summed E-state index contributed by atoms with van der Waals surface area (Å²) in [7, 11) is 1.56. The molecule has 0 saturated carbocycles. The Labute approximate surface area is 200 Å². The second kappa shape index (κ2) is 9.04. The summed E-state index contributed by atoms with van der Waals surface area (Å²) in [6.45, 7) is 2.34. The van der Waals surface area contributed by atoms with E-state index in [0.717, 1.165) is 28.7 Å². The van der Waals surface area contributed by atoms with Crippen molar-refractivity contribution >= 4 is 22.5 Å². The van der Waals surface area contributed by atoms with Crippen LogP contribution < -0.4 is 10.1 Å². The molecule has 5 heterocycles. The van der Waals surface area contributed by atoms with Crippen LogP contribution in [0.25, 0.3) is 27.7 Å². The van der Waals surface area contributed by atoms with E-state index >= 15 is 0 Å². The molecule has 184 valence electrons. The maximum absolute atomic E-state index is 14.9. The molecular weight excluding hydrogens is 456 g/mol. The van der Waals surface area contributed by atoms with E-state index in [9.17, 15) is 8.78 Å². The molecule has 1 N–H and O–H groups in total. The van der Waals surface area contributed by atoms with Crippen molar-refractivity contribution in [3.05, 3.63) is 36.8 Å². The van der Waals surface area contributed by atoms with Crippen LogP contribution in [0.15, 0.2) is 36.8 Å². The number of methoxy groups -OCH3 is 1. The molecule has 2 saturated heterocycles. The summed E-state index contributed by atoms with van der Waals surface area (Å²) in [4.78, 5) is 11.1. The first-order valence-electron chi connectivity index (χ1n) is 11.8. The highest BCUT2D eigenvalue weighted by molar-refractivity contribution is 5.89. The molecule has 1 aromatic carbocycles. The lowest BCUT2D eigenvalue weighted by molar-refractivity contribution is -0.0794. The molecule has 35 heavy (non-hydrogen) atoms. The van der Waals surface area contributed by atoms with Gasteiger partial charge in [-0.1, -0.05) is 6.07 Å². The Morgan fingerprint density at radius 1 is 1.26 bits per heavy atom. The molecule has 0 unspecified atom stereocenters. The van der Waals surface area contributed by atoms with Gasteiger partial charge in [0.1, 0.15) is 18.4 Å². The van der Waals surface area contributed by atoms with Crippen LogP contribution in [-0.4, -0.2) is 87.4 Å². The molecule has 2 aliphatic heterocycles. The van der Waals surface area contributed by atoms with Gasteiger partial charge in [-0.05, 0) is 30.2 Å². The summed E-state index contributed by atoms with van der Waals surface area (Å²) in [6.07, 6.45) is 3.10. The molecule has 2 aliphatic rings. The van der Waals surface area contributed by atoms with Crippen molar-refractivity contribution in [1.29, 1.82) is 0 Å². The van der Waals surface area contributed by atoms with Crippen LogP contribution in [0, 0.1) is 0 Å². The van der Waals surface area contributed by atoms with Crippen LogP contribution >= 0.6 is 0 Å². The molecule has 2 fully saturated rings. The number of imidazole rings is 1. The van der Waals surface area contributed by atoms with Crippen LogP contribution in [0.3, 0.4) is 0 Å². The first-order chi connectivity index (χ1) is 17.1. The minimum atomic E-state index is -1.03. The fourth-order valence-corrected chi connectivity index (χ4v) is 4.94. The third-order valence-corrected chi connectivity index (χ3v) is 6.95. The van der Waals surface area contributed by atoms with Gasteiger partial charge in [-0.2, -0.15) is 4.98 Å². The molecule has 0 radical (unpaired) electrons. The van der Waals surface area contributed by atoms with Gasteiger partial charge in [0.15, 0.2) is 0 Å².